The van der Waals surface area contributed by atoms with Gasteiger partial charge in [-0.2, -0.15) is 0 Å². The molecule has 3 N–H and O–H groups in total. The second-order valence-electron chi connectivity index (χ2n) is 4.98. The van der Waals surface area contributed by atoms with Crippen LogP contribution in [-0.2, 0) is 4.79 Å². The molecular formula is C14H19Cl2FN2O2. The lowest BCUT2D eigenvalue weighted by Crippen LogP contribution is -2.38. The molecule has 0 spiro atoms. The molecule has 0 aromatic heterocycles. The molecule has 0 radical (unpaired) electrons. The molecule has 21 heavy (non-hydrogen) atoms. The van der Waals surface area contributed by atoms with Crippen molar-refractivity contribution in [2.45, 2.75) is 25.3 Å². The average Bonchev–Trinajstić information content (AvgIpc) is 3.23. The van der Waals surface area contributed by atoms with Crippen LogP contribution in [0.25, 0.3) is 0 Å². The molecule has 1 amide bonds. The number of nitrogens with two attached hydrogens (primary N) is 1. The van der Waals surface area contributed by atoms with Gasteiger partial charge in [0.1, 0.15) is 11.6 Å². The molecule has 1 aromatic carbocycles. The van der Waals surface area contributed by atoms with Crippen molar-refractivity contribution in [3.05, 3.63) is 29.0 Å². The molecule has 0 bridgehead atoms. The number of amides is 1. The van der Waals surface area contributed by atoms with Crippen LogP contribution in [0, 0.1) is 11.7 Å². The fourth-order valence-corrected chi connectivity index (χ4v) is 2.08. The van der Waals surface area contributed by atoms with E-state index in [0.717, 1.165) is 12.8 Å². The summed E-state index contributed by atoms with van der Waals surface area (Å²) in [4.78, 5) is 11.6. The van der Waals surface area contributed by atoms with E-state index >= 15 is 0 Å². The Kier molecular flexibility index (Phi) is 7.22. The van der Waals surface area contributed by atoms with E-state index in [1.165, 1.54) is 18.2 Å². The summed E-state index contributed by atoms with van der Waals surface area (Å²) in [5.74, 6) is 0.397. The summed E-state index contributed by atoms with van der Waals surface area (Å²) in [5, 5.41) is 2.97. The Labute approximate surface area is 134 Å². The molecule has 0 aliphatic heterocycles. The zero-order valence-corrected chi connectivity index (χ0v) is 13.1. The first-order valence-corrected chi connectivity index (χ1v) is 7.04. The first-order valence-electron chi connectivity index (χ1n) is 6.66. The Balaban J connectivity index is 0.00000220. The van der Waals surface area contributed by atoms with E-state index in [0.29, 0.717) is 18.2 Å². The molecule has 0 heterocycles. The molecule has 1 aliphatic carbocycles. The zero-order valence-electron chi connectivity index (χ0n) is 11.5. The number of hydrogen-bond acceptors (Lipinski definition) is 3. The van der Waals surface area contributed by atoms with Gasteiger partial charge in [0.25, 0.3) is 0 Å². The third-order valence-corrected chi connectivity index (χ3v) is 3.54. The smallest absolute Gasteiger partial charge is 0.223 e. The first-order chi connectivity index (χ1) is 9.56. The van der Waals surface area contributed by atoms with E-state index in [4.69, 9.17) is 22.1 Å². The van der Waals surface area contributed by atoms with Gasteiger partial charge in [0.15, 0.2) is 0 Å². The summed E-state index contributed by atoms with van der Waals surface area (Å²) >= 11 is 5.81. The molecule has 118 valence electrons. The van der Waals surface area contributed by atoms with Crippen LogP contribution in [0.5, 0.6) is 5.75 Å². The number of carbonyl (C=O) groups excluding carboxylic acids is 1. The van der Waals surface area contributed by atoms with Crippen molar-refractivity contribution in [1.29, 1.82) is 0 Å². The van der Waals surface area contributed by atoms with Gasteiger partial charge < -0.3 is 15.8 Å². The molecule has 4 nitrogen and oxygen atoms in total. The van der Waals surface area contributed by atoms with Crippen LogP contribution >= 0.6 is 24.0 Å². The molecule has 1 fully saturated rings. The minimum Gasteiger partial charge on any atom is -0.491 e. The van der Waals surface area contributed by atoms with E-state index in [-0.39, 0.29) is 42.4 Å². The number of hydrogen-bond donors (Lipinski definition) is 2. The monoisotopic (exact) mass is 336 g/mol. The van der Waals surface area contributed by atoms with Crippen molar-refractivity contribution >= 4 is 29.9 Å². The topological polar surface area (TPSA) is 64.3 Å². The van der Waals surface area contributed by atoms with Crippen LogP contribution in [0.3, 0.4) is 0 Å². The van der Waals surface area contributed by atoms with E-state index in [9.17, 15) is 9.18 Å². The van der Waals surface area contributed by atoms with Crippen LogP contribution in [0.1, 0.15) is 19.3 Å². The van der Waals surface area contributed by atoms with Crippen molar-refractivity contribution < 1.29 is 13.9 Å². The van der Waals surface area contributed by atoms with Gasteiger partial charge in [-0.15, -0.1) is 12.4 Å². The molecule has 1 atom stereocenters. The minimum atomic E-state index is -0.422. The fraction of sp³-hybridized carbons (Fsp3) is 0.500. The molecule has 2 rings (SSSR count). The van der Waals surface area contributed by atoms with Gasteiger partial charge in [-0.3, -0.25) is 4.79 Å². The number of carbonyl (C=O) groups is 1. The summed E-state index contributed by atoms with van der Waals surface area (Å²) in [7, 11) is 0. The van der Waals surface area contributed by atoms with Crippen molar-refractivity contribution in [2.75, 3.05) is 13.2 Å². The minimum absolute atomic E-state index is 0. The summed E-state index contributed by atoms with van der Waals surface area (Å²) in [6, 6.07) is 3.92. The normalized spacial score (nSPS) is 15.0. The van der Waals surface area contributed by atoms with E-state index < -0.39 is 5.82 Å². The van der Waals surface area contributed by atoms with E-state index in [1.807, 2.05) is 0 Å². The SMILES string of the molecule is Cl.NC(CNC(=O)CCOc1ccc(F)cc1Cl)C1CC1. The largest absolute Gasteiger partial charge is 0.491 e. The standard InChI is InChI=1S/C14H18ClFN2O2.ClH/c15-11-7-10(16)3-4-13(11)20-6-5-14(19)18-8-12(17)9-1-2-9;/h3-4,7,9,12H,1-2,5-6,8,17H2,(H,18,19);1H. The Morgan fingerprint density at radius 3 is 2.86 bits per heavy atom. The number of rotatable bonds is 7. The van der Waals surface area contributed by atoms with Gasteiger partial charge in [0, 0.05) is 12.6 Å². The molecule has 1 unspecified atom stereocenters. The maximum atomic E-state index is 12.8. The van der Waals surface area contributed by atoms with Crippen LogP contribution < -0.4 is 15.8 Å². The van der Waals surface area contributed by atoms with E-state index in [2.05, 4.69) is 5.32 Å². The van der Waals surface area contributed by atoms with Crippen molar-refractivity contribution in [3.63, 3.8) is 0 Å². The maximum Gasteiger partial charge on any atom is 0.223 e. The highest BCUT2D eigenvalue weighted by atomic mass is 35.5. The van der Waals surface area contributed by atoms with Gasteiger partial charge in [0.2, 0.25) is 5.91 Å². The molecule has 1 saturated carbocycles. The second-order valence-corrected chi connectivity index (χ2v) is 5.39. The van der Waals surface area contributed by atoms with Gasteiger partial charge >= 0.3 is 0 Å². The zero-order chi connectivity index (χ0) is 14.5. The maximum absolute atomic E-state index is 12.8. The predicted octanol–water partition coefficient (Wildman–Crippen LogP) is 2.52. The highest BCUT2D eigenvalue weighted by Gasteiger charge is 2.28. The lowest BCUT2D eigenvalue weighted by Gasteiger charge is -2.12. The Morgan fingerprint density at radius 1 is 1.52 bits per heavy atom. The predicted molar refractivity (Wildman–Crippen MR) is 82.5 cm³/mol. The summed E-state index contributed by atoms with van der Waals surface area (Å²) in [6.07, 6.45) is 2.53. The fourth-order valence-electron chi connectivity index (χ4n) is 1.86. The number of benzene rings is 1. The average molecular weight is 337 g/mol. The number of nitrogens with one attached hydrogen (secondary N) is 1. The summed E-state index contributed by atoms with van der Waals surface area (Å²) < 4.78 is 18.2. The van der Waals surface area contributed by atoms with Crippen LogP contribution in [0.4, 0.5) is 4.39 Å². The molecule has 7 heteroatoms. The van der Waals surface area contributed by atoms with Gasteiger partial charge in [-0.05, 0) is 37.0 Å². The Morgan fingerprint density at radius 2 is 2.24 bits per heavy atom. The number of halogens is 3. The van der Waals surface area contributed by atoms with Gasteiger partial charge in [-0.1, -0.05) is 11.6 Å². The quantitative estimate of drug-likeness (QED) is 0.804. The van der Waals surface area contributed by atoms with Crippen LogP contribution in [-0.4, -0.2) is 25.1 Å². The van der Waals surface area contributed by atoms with Crippen molar-refractivity contribution in [3.8, 4) is 5.75 Å². The van der Waals surface area contributed by atoms with Crippen LogP contribution in [0.2, 0.25) is 5.02 Å². The Bertz CT molecular complexity index is 484. The molecule has 0 saturated heterocycles. The highest BCUT2D eigenvalue weighted by Crippen LogP contribution is 2.31. The van der Waals surface area contributed by atoms with E-state index in [1.54, 1.807) is 0 Å². The van der Waals surface area contributed by atoms with Crippen molar-refractivity contribution in [1.82, 2.24) is 5.32 Å². The van der Waals surface area contributed by atoms with Crippen molar-refractivity contribution in [2.24, 2.45) is 11.7 Å². The first kappa shape index (κ1) is 18.0. The Hall–Kier alpha value is -1.04. The van der Waals surface area contributed by atoms with Gasteiger partial charge in [0.05, 0.1) is 18.1 Å². The second kappa shape index (κ2) is 8.41. The lowest BCUT2D eigenvalue weighted by atomic mass is 10.2. The van der Waals surface area contributed by atoms with Gasteiger partial charge in [-0.25, -0.2) is 4.39 Å². The van der Waals surface area contributed by atoms with Crippen LogP contribution in [0.15, 0.2) is 18.2 Å². The summed E-state index contributed by atoms with van der Waals surface area (Å²) in [5.41, 5.74) is 5.88. The highest BCUT2D eigenvalue weighted by molar-refractivity contribution is 6.32. The molecule has 1 aromatic rings. The third-order valence-electron chi connectivity index (χ3n) is 3.24. The molecule has 1 aliphatic rings. The number of ether oxygens (including phenoxy) is 1. The summed E-state index contributed by atoms with van der Waals surface area (Å²) in [6.45, 7) is 0.691. The third kappa shape index (κ3) is 6.08. The molecular weight excluding hydrogens is 318 g/mol. The lowest BCUT2D eigenvalue weighted by molar-refractivity contribution is -0.121.